The molecule has 1 saturated heterocycles. The molecule has 0 radical (unpaired) electrons. The van der Waals surface area contributed by atoms with E-state index in [0.717, 1.165) is 22.5 Å². The van der Waals surface area contributed by atoms with Gasteiger partial charge in [-0.25, -0.2) is 4.79 Å². The molecule has 1 aliphatic rings. The van der Waals surface area contributed by atoms with Crippen LogP contribution in [0.3, 0.4) is 0 Å². The van der Waals surface area contributed by atoms with Crippen LogP contribution < -0.4 is 5.32 Å². The summed E-state index contributed by atoms with van der Waals surface area (Å²) in [5, 5.41) is 23.2. The van der Waals surface area contributed by atoms with Gasteiger partial charge in [0.25, 0.3) is 0 Å². The van der Waals surface area contributed by atoms with Crippen LogP contribution in [0, 0.1) is 6.92 Å². The third-order valence-electron chi connectivity index (χ3n) is 6.59. The lowest BCUT2D eigenvalue weighted by Gasteiger charge is -2.28. The maximum Gasteiger partial charge on any atom is 0.318 e. The average molecular weight is 502 g/mol. The van der Waals surface area contributed by atoms with Crippen LogP contribution in [-0.2, 0) is 6.54 Å². The molecule has 8 heteroatoms. The molecule has 7 nitrogen and oxygen atoms in total. The van der Waals surface area contributed by atoms with Gasteiger partial charge >= 0.3 is 6.03 Å². The van der Waals surface area contributed by atoms with Crippen LogP contribution in [0.1, 0.15) is 46.8 Å². The first kappa shape index (κ1) is 24.0. The topological polar surface area (TPSA) is 83.3 Å². The van der Waals surface area contributed by atoms with Crippen molar-refractivity contribution >= 4 is 17.6 Å². The molecule has 0 spiro atoms. The molecule has 5 rings (SSSR count). The molecule has 0 bridgehead atoms. The number of halogens is 1. The minimum Gasteiger partial charge on any atom is -0.391 e. The Hall–Kier alpha value is -3.68. The molecule has 0 saturated carbocycles. The zero-order valence-corrected chi connectivity index (χ0v) is 20.7. The lowest BCUT2D eigenvalue weighted by Crippen LogP contribution is -2.42. The SMILES string of the molecule is Cc1nnc(C2CC(O)CN2C(=O)NC(c2ccccc2)c2ccccc2)n1Cc1ccc(Cl)cc1. The molecule has 36 heavy (non-hydrogen) atoms. The van der Waals surface area contributed by atoms with Gasteiger partial charge in [0.2, 0.25) is 0 Å². The number of nitrogens with one attached hydrogen (secondary N) is 1. The Balaban J connectivity index is 1.42. The highest BCUT2D eigenvalue weighted by molar-refractivity contribution is 6.30. The second-order valence-corrected chi connectivity index (χ2v) is 9.52. The normalized spacial score (nSPS) is 17.5. The summed E-state index contributed by atoms with van der Waals surface area (Å²) < 4.78 is 2.00. The Morgan fingerprint density at radius 3 is 2.22 bits per heavy atom. The molecule has 1 aromatic heterocycles. The summed E-state index contributed by atoms with van der Waals surface area (Å²) in [4.78, 5) is 15.3. The Morgan fingerprint density at radius 2 is 1.61 bits per heavy atom. The van der Waals surface area contributed by atoms with Crippen LogP contribution in [0.4, 0.5) is 4.79 Å². The molecule has 3 aromatic carbocycles. The molecule has 1 aliphatic heterocycles. The molecular weight excluding hydrogens is 474 g/mol. The zero-order chi connectivity index (χ0) is 25.1. The van der Waals surface area contributed by atoms with E-state index in [2.05, 4.69) is 15.5 Å². The lowest BCUT2D eigenvalue weighted by molar-refractivity contribution is 0.167. The quantitative estimate of drug-likeness (QED) is 0.394. The minimum atomic E-state index is -0.645. The second kappa shape index (κ2) is 10.5. The summed E-state index contributed by atoms with van der Waals surface area (Å²) in [7, 11) is 0. The highest BCUT2D eigenvalue weighted by Crippen LogP contribution is 2.33. The fraction of sp³-hybridized carbons (Fsp3) is 0.250. The van der Waals surface area contributed by atoms with Gasteiger partial charge < -0.3 is 19.9 Å². The molecule has 4 aromatic rings. The van der Waals surface area contributed by atoms with Crippen molar-refractivity contribution in [1.29, 1.82) is 0 Å². The highest BCUT2D eigenvalue weighted by Gasteiger charge is 2.39. The number of aryl methyl sites for hydroxylation is 1. The van der Waals surface area contributed by atoms with Gasteiger partial charge in [0.05, 0.1) is 24.7 Å². The fourth-order valence-corrected chi connectivity index (χ4v) is 4.88. The molecule has 1 fully saturated rings. The van der Waals surface area contributed by atoms with Gasteiger partial charge in [0, 0.05) is 18.0 Å². The van der Waals surface area contributed by atoms with E-state index in [-0.39, 0.29) is 18.6 Å². The maximum absolute atomic E-state index is 13.7. The number of aliphatic hydroxyl groups excluding tert-OH is 1. The van der Waals surface area contributed by atoms with Gasteiger partial charge in [0.15, 0.2) is 5.82 Å². The van der Waals surface area contributed by atoms with Crippen LogP contribution in [0.15, 0.2) is 84.9 Å². The smallest absolute Gasteiger partial charge is 0.318 e. The Morgan fingerprint density at radius 1 is 1.00 bits per heavy atom. The van der Waals surface area contributed by atoms with E-state index in [9.17, 15) is 9.90 Å². The number of benzene rings is 3. The summed E-state index contributed by atoms with van der Waals surface area (Å²) in [6, 6.07) is 26.4. The van der Waals surface area contributed by atoms with Crippen LogP contribution >= 0.6 is 11.6 Å². The Bertz CT molecular complexity index is 1270. The van der Waals surface area contributed by atoms with E-state index in [1.54, 1.807) is 4.90 Å². The van der Waals surface area contributed by atoms with Crippen molar-refractivity contribution in [3.05, 3.63) is 118 Å². The number of aromatic nitrogens is 3. The van der Waals surface area contributed by atoms with E-state index < -0.39 is 12.1 Å². The van der Waals surface area contributed by atoms with Gasteiger partial charge in [-0.1, -0.05) is 84.4 Å². The predicted molar refractivity (Wildman–Crippen MR) is 139 cm³/mol. The number of nitrogens with zero attached hydrogens (tertiary/aromatic N) is 4. The molecule has 2 amide bonds. The summed E-state index contributed by atoms with van der Waals surface area (Å²) in [5.74, 6) is 1.40. The van der Waals surface area contributed by atoms with Crippen molar-refractivity contribution in [3.63, 3.8) is 0 Å². The third kappa shape index (κ3) is 5.12. The molecular formula is C28H28ClN5O2. The number of aliphatic hydroxyl groups is 1. The van der Waals surface area contributed by atoms with Gasteiger partial charge in [-0.3, -0.25) is 0 Å². The van der Waals surface area contributed by atoms with Gasteiger partial charge in [-0.2, -0.15) is 0 Å². The van der Waals surface area contributed by atoms with Gasteiger partial charge in [-0.15, -0.1) is 10.2 Å². The zero-order valence-electron chi connectivity index (χ0n) is 20.0. The number of hydrogen-bond acceptors (Lipinski definition) is 4. The highest BCUT2D eigenvalue weighted by atomic mass is 35.5. The first-order valence-corrected chi connectivity index (χ1v) is 12.4. The molecule has 2 heterocycles. The Kier molecular flexibility index (Phi) is 7.02. The number of amides is 2. The van der Waals surface area contributed by atoms with Crippen LogP contribution in [0.25, 0.3) is 0 Å². The second-order valence-electron chi connectivity index (χ2n) is 9.08. The fourth-order valence-electron chi connectivity index (χ4n) is 4.75. The number of hydrogen-bond donors (Lipinski definition) is 2. The van der Waals surface area contributed by atoms with Crippen LogP contribution in [0.2, 0.25) is 5.02 Å². The monoisotopic (exact) mass is 501 g/mol. The molecule has 184 valence electrons. The van der Waals surface area contributed by atoms with E-state index in [1.807, 2.05) is 96.4 Å². The summed E-state index contributed by atoms with van der Waals surface area (Å²) >= 11 is 6.05. The van der Waals surface area contributed by atoms with Crippen molar-refractivity contribution < 1.29 is 9.90 Å². The van der Waals surface area contributed by atoms with Crippen molar-refractivity contribution in [2.45, 2.75) is 38.1 Å². The third-order valence-corrected chi connectivity index (χ3v) is 6.84. The maximum atomic E-state index is 13.7. The first-order chi connectivity index (χ1) is 17.5. The van der Waals surface area contributed by atoms with E-state index in [4.69, 9.17) is 11.6 Å². The van der Waals surface area contributed by atoms with Crippen molar-refractivity contribution in [3.8, 4) is 0 Å². The number of likely N-dealkylation sites (tertiary alicyclic amines) is 1. The van der Waals surface area contributed by atoms with Crippen LogP contribution in [-0.4, -0.2) is 43.5 Å². The number of rotatable bonds is 6. The summed E-state index contributed by atoms with van der Waals surface area (Å²) in [5.41, 5.74) is 3.01. The van der Waals surface area contributed by atoms with E-state index >= 15 is 0 Å². The van der Waals surface area contributed by atoms with E-state index in [0.29, 0.717) is 23.8 Å². The standard InChI is InChI=1S/C28H28ClN5O2/c1-19-31-32-27(33(19)17-20-12-14-23(29)15-13-20)25-16-24(35)18-34(25)28(36)30-26(21-8-4-2-5-9-21)22-10-6-3-7-11-22/h2-15,24-26,35H,16-18H2,1H3,(H,30,36). The van der Waals surface area contributed by atoms with E-state index in [1.165, 1.54) is 0 Å². The summed E-state index contributed by atoms with van der Waals surface area (Å²) in [6.45, 7) is 2.66. The van der Waals surface area contributed by atoms with Gasteiger partial charge in [0.1, 0.15) is 5.82 Å². The number of carbonyl (C=O) groups excluding carboxylic acids is 1. The molecule has 2 atom stereocenters. The van der Waals surface area contributed by atoms with Crippen LogP contribution in [0.5, 0.6) is 0 Å². The predicted octanol–water partition coefficient (Wildman–Crippen LogP) is 4.90. The molecule has 0 aliphatic carbocycles. The first-order valence-electron chi connectivity index (χ1n) is 12.0. The number of carbonyl (C=O) groups is 1. The van der Waals surface area contributed by atoms with Gasteiger partial charge in [-0.05, 0) is 35.7 Å². The van der Waals surface area contributed by atoms with Crippen molar-refractivity contribution in [1.82, 2.24) is 25.0 Å². The summed E-state index contributed by atoms with van der Waals surface area (Å²) in [6.07, 6.45) is -0.248. The number of urea groups is 1. The largest absolute Gasteiger partial charge is 0.391 e. The molecule has 2 N–H and O–H groups in total. The lowest BCUT2D eigenvalue weighted by atomic mass is 9.99. The average Bonchev–Trinajstić information content (AvgIpc) is 3.46. The molecule has 2 unspecified atom stereocenters. The van der Waals surface area contributed by atoms with Crippen molar-refractivity contribution in [2.24, 2.45) is 0 Å². The number of β-amino-alcohol motifs (C(OH)–C–C–N with tert-alkyl or cyclic N) is 1. The van der Waals surface area contributed by atoms with Crippen molar-refractivity contribution in [2.75, 3.05) is 6.54 Å². The Labute approximate surface area is 215 Å². The minimum absolute atomic E-state index is 0.222.